The molecular formula is C19H36N2O2. The Morgan fingerprint density at radius 1 is 1.04 bits per heavy atom. The Kier molecular flexibility index (Phi) is 6.35. The Balaban J connectivity index is 1.83. The molecule has 4 unspecified atom stereocenters. The SMILES string of the molecule is CC1CCCC(NC2CCCN(C(=O)OC(C)(C)C)CC2)C1C. The lowest BCUT2D eigenvalue weighted by atomic mass is 9.77. The van der Waals surface area contributed by atoms with Gasteiger partial charge in [0.15, 0.2) is 0 Å². The van der Waals surface area contributed by atoms with Gasteiger partial charge in [-0.25, -0.2) is 4.79 Å². The highest BCUT2D eigenvalue weighted by Gasteiger charge is 2.30. The molecule has 0 aromatic carbocycles. The van der Waals surface area contributed by atoms with E-state index < -0.39 is 5.60 Å². The molecule has 1 saturated heterocycles. The maximum absolute atomic E-state index is 12.2. The second-order valence-electron chi connectivity index (χ2n) is 8.64. The van der Waals surface area contributed by atoms with Gasteiger partial charge < -0.3 is 15.0 Å². The van der Waals surface area contributed by atoms with Crippen LogP contribution in [0.5, 0.6) is 0 Å². The van der Waals surface area contributed by atoms with Gasteiger partial charge in [0.1, 0.15) is 5.60 Å². The van der Waals surface area contributed by atoms with Crippen LogP contribution < -0.4 is 5.32 Å². The first kappa shape index (κ1) is 18.6. The molecule has 0 aromatic rings. The van der Waals surface area contributed by atoms with E-state index in [1.165, 1.54) is 19.3 Å². The van der Waals surface area contributed by atoms with Crippen LogP contribution in [-0.4, -0.2) is 41.8 Å². The fourth-order valence-electron chi connectivity index (χ4n) is 3.89. The maximum Gasteiger partial charge on any atom is 0.410 e. The summed E-state index contributed by atoms with van der Waals surface area (Å²) >= 11 is 0. The van der Waals surface area contributed by atoms with Crippen molar-refractivity contribution in [2.75, 3.05) is 13.1 Å². The van der Waals surface area contributed by atoms with E-state index in [-0.39, 0.29) is 6.09 Å². The number of nitrogens with one attached hydrogen (secondary N) is 1. The van der Waals surface area contributed by atoms with Crippen molar-refractivity contribution < 1.29 is 9.53 Å². The van der Waals surface area contributed by atoms with Gasteiger partial charge in [-0.3, -0.25) is 0 Å². The van der Waals surface area contributed by atoms with Crippen molar-refractivity contribution >= 4 is 6.09 Å². The van der Waals surface area contributed by atoms with Gasteiger partial charge in [-0.1, -0.05) is 26.7 Å². The van der Waals surface area contributed by atoms with Gasteiger partial charge in [-0.05, 0) is 58.3 Å². The third-order valence-electron chi connectivity index (χ3n) is 5.54. The molecule has 1 N–H and O–H groups in total. The van der Waals surface area contributed by atoms with Gasteiger partial charge in [-0.15, -0.1) is 0 Å². The van der Waals surface area contributed by atoms with Gasteiger partial charge in [0.25, 0.3) is 0 Å². The lowest BCUT2D eigenvalue weighted by molar-refractivity contribution is 0.0255. The van der Waals surface area contributed by atoms with E-state index in [4.69, 9.17) is 4.74 Å². The fraction of sp³-hybridized carbons (Fsp3) is 0.947. The zero-order valence-corrected chi connectivity index (χ0v) is 15.7. The molecule has 4 heteroatoms. The van der Waals surface area contributed by atoms with E-state index in [1.54, 1.807) is 0 Å². The molecule has 2 aliphatic rings. The Morgan fingerprint density at radius 3 is 2.48 bits per heavy atom. The Hall–Kier alpha value is -0.770. The third-order valence-corrected chi connectivity index (χ3v) is 5.54. The third kappa shape index (κ3) is 5.66. The molecular weight excluding hydrogens is 288 g/mol. The molecule has 1 heterocycles. The Bertz CT molecular complexity index is 391. The number of amides is 1. The van der Waals surface area contributed by atoms with Crippen LogP contribution in [-0.2, 0) is 4.74 Å². The highest BCUT2D eigenvalue weighted by Crippen LogP contribution is 2.30. The summed E-state index contributed by atoms with van der Waals surface area (Å²) in [6, 6.07) is 1.19. The molecule has 2 fully saturated rings. The molecule has 0 aromatic heterocycles. The van der Waals surface area contributed by atoms with E-state index in [0.717, 1.165) is 44.2 Å². The fourth-order valence-corrected chi connectivity index (χ4v) is 3.89. The molecule has 1 aliphatic carbocycles. The lowest BCUT2D eigenvalue weighted by Gasteiger charge is -2.37. The average Bonchev–Trinajstić information content (AvgIpc) is 2.68. The van der Waals surface area contributed by atoms with Crippen LogP contribution in [0, 0.1) is 11.8 Å². The van der Waals surface area contributed by atoms with Crippen LogP contribution in [0.1, 0.15) is 73.1 Å². The van der Waals surface area contributed by atoms with Gasteiger partial charge in [0.05, 0.1) is 0 Å². The minimum Gasteiger partial charge on any atom is -0.444 e. The summed E-state index contributed by atoms with van der Waals surface area (Å²) in [5.41, 5.74) is -0.408. The monoisotopic (exact) mass is 324 g/mol. The summed E-state index contributed by atoms with van der Waals surface area (Å²) in [6.45, 7) is 12.2. The van der Waals surface area contributed by atoms with Crippen LogP contribution in [0.4, 0.5) is 4.79 Å². The largest absolute Gasteiger partial charge is 0.444 e. The number of likely N-dealkylation sites (tertiary alicyclic amines) is 1. The molecule has 1 aliphatic heterocycles. The lowest BCUT2D eigenvalue weighted by Crippen LogP contribution is -2.46. The highest BCUT2D eigenvalue weighted by molar-refractivity contribution is 5.68. The molecule has 1 saturated carbocycles. The van der Waals surface area contributed by atoms with E-state index >= 15 is 0 Å². The van der Waals surface area contributed by atoms with Crippen molar-refractivity contribution in [2.24, 2.45) is 11.8 Å². The quantitative estimate of drug-likeness (QED) is 0.828. The van der Waals surface area contributed by atoms with Gasteiger partial charge in [0.2, 0.25) is 0 Å². The number of carbonyl (C=O) groups is 1. The molecule has 1 amide bonds. The molecule has 4 atom stereocenters. The zero-order chi connectivity index (χ0) is 17.0. The van der Waals surface area contributed by atoms with E-state index in [1.807, 2.05) is 25.7 Å². The van der Waals surface area contributed by atoms with Crippen molar-refractivity contribution in [3.05, 3.63) is 0 Å². The molecule has 134 valence electrons. The normalized spacial score (nSPS) is 33.2. The Labute approximate surface area is 142 Å². The first-order valence-electron chi connectivity index (χ1n) is 9.50. The van der Waals surface area contributed by atoms with Gasteiger partial charge in [-0.2, -0.15) is 0 Å². The zero-order valence-electron chi connectivity index (χ0n) is 15.7. The highest BCUT2D eigenvalue weighted by atomic mass is 16.6. The maximum atomic E-state index is 12.2. The number of ether oxygens (including phenoxy) is 1. The first-order valence-corrected chi connectivity index (χ1v) is 9.50. The standard InChI is InChI=1S/C19H36N2O2/c1-14-8-6-10-17(15(14)2)20-16-9-7-12-21(13-11-16)18(22)23-19(3,4)5/h14-17,20H,6-13H2,1-5H3. The number of carbonyl (C=O) groups excluding carboxylic acids is 1. The predicted octanol–water partition coefficient (Wildman–Crippen LogP) is 4.19. The summed E-state index contributed by atoms with van der Waals surface area (Å²) in [5.74, 6) is 1.58. The molecule has 0 bridgehead atoms. The topological polar surface area (TPSA) is 41.6 Å². The molecule has 23 heavy (non-hydrogen) atoms. The Morgan fingerprint density at radius 2 is 1.78 bits per heavy atom. The predicted molar refractivity (Wildman–Crippen MR) is 94.5 cm³/mol. The van der Waals surface area contributed by atoms with Crippen molar-refractivity contribution in [1.82, 2.24) is 10.2 Å². The van der Waals surface area contributed by atoms with Crippen LogP contribution >= 0.6 is 0 Å². The van der Waals surface area contributed by atoms with Crippen molar-refractivity contribution in [1.29, 1.82) is 0 Å². The van der Waals surface area contributed by atoms with Crippen LogP contribution in [0.15, 0.2) is 0 Å². The molecule has 2 rings (SSSR count). The van der Waals surface area contributed by atoms with Crippen LogP contribution in [0.2, 0.25) is 0 Å². The van der Waals surface area contributed by atoms with E-state index in [2.05, 4.69) is 19.2 Å². The van der Waals surface area contributed by atoms with Crippen molar-refractivity contribution in [2.45, 2.75) is 90.8 Å². The van der Waals surface area contributed by atoms with Gasteiger partial charge >= 0.3 is 6.09 Å². The minimum atomic E-state index is -0.408. The van der Waals surface area contributed by atoms with Crippen molar-refractivity contribution in [3.8, 4) is 0 Å². The van der Waals surface area contributed by atoms with Crippen LogP contribution in [0.25, 0.3) is 0 Å². The molecule has 0 spiro atoms. The number of hydrogen-bond acceptors (Lipinski definition) is 3. The minimum absolute atomic E-state index is 0.155. The summed E-state index contributed by atoms with van der Waals surface area (Å²) in [7, 11) is 0. The number of rotatable bonds is 2. The van der Waals surface area contributed by atoms with Crippen LogP contribution in [0.3, 0.4) is 0 Å². The summed E-state index contributed by atoms with van der Waals surface area (Å²) < 4.78 is 5.52. The molecule has 0 radical (unpaired) electrons. The molecule has 4 nitrogen and oxygen atoms in total. The second-order valence-corrected chi connectivity index (χ2v) is 8.64. The number of nitrogens with zero attached hydrogens (tertiary/aromatic N) is 1. The second kappa shape index (κ2) is 7.87. The van der Waals surface area contributed by atoms with Gasteiger partial charge in [0, 0.05) is 25.2 Å². The summed E-state index contributed by atoms with van der Waals surface area (Å²) in [5, 5.41) is 3.91. The summed E-state index contributed by atoms with van der Waals surface area (Å²) in [6.07, 6.45) is 7.13. The van der Waals surface area contributed by atoms with E-state index in [9.17, 15) is 4.79 Å². The van der Waals surface area contributed by atoms with Crippen molar-refractivity contribution in [3.63, 3.8) is 0 Å². The van der Waals surface area contributed by atoms with E-state index in [0.29, 0.717) is 12.1 Å². The average molecular weight is 325 g/mol. The smallest absolute Gasteiger partial charge is 0.410 e. The first-order chi connectivity index (χ1) is 10.8. The number of hydrogen-bond donors (Lipinski definition) is 1. The summed E-state index contributed by atoms with van der Waals surface area (Å²) in [4.78, 5) is 14.1.